The predicted octanol–water partition coefficient (Wildman–Crippen LogP) is 3.01. The molecule has 4 rings (SSSR count). The summed E-state index contributed by atoms with van der Waals surface area (Å²) >= 11 is 0. The Labute approximate surface area is 139 Å². The van der Waals surface area contributed by atoms with E-state index < -0.39 is 6.61 Å². The smallest absolute Gasteiger partial charge is 0.191 e. The first kappa shape index (κ1) is 14.7. The van der Waals surface area contributed by atoms with Crippen LogP contribution in [0.4, 0.5) is 0 Å². The van der Waals surface area contributed by atoms with Crippen molar-refractivity contribution >= 4 is 5.78 Å². The number of aliphatic hydroxyl groups is 1. The van der Waals surface area contributed by atoms with Gasteiger partial charge in [0.1, 0.15) is 12.4 Å². The summed E-state index contributed by atoms with van der Waals surface area (Å²) < 4.78 is 0. The highest BCUT2D eigenvalue weighted by atomic mass is 16.3. The second-order valence-corrected chi connectivity index (χ2v) is 5.90. The molecule has 4 nitrogen and oxygen atoms in total. The number of aliphatic hydroxyl groups excluding tert-OH is 1. The molecule has 1 aromatic heterocycles. The third-order valence-corrected chi connectivity index (χ3v) is 4.52. The summed E-state index contributed by atoms with van der Waals surface area (Å²) in [6, 6.07) is 16.8. The van der Waals surface area contributed by atoms with Crippen LogP contribution in [0.2, 0.25) is 0 Å². The van der Waals surface area contributed by atoms with Gasteiger partial charge in [-0.25, -0.2) is 9.97 Å². The highest BCUT2D eigenvalue weighted by molar-refractivity contribution is 5.96. The van der Waals surface area contributed by atoms with Crippen molar-refractivity contribution in [3.63, 3.8) is 0 Å². The molecule has 0 amide bonds. The highest BCUT2D eigenvalue weighted by Crippen LogP contribution is 2.45. The molecule has 0 unspecified atom stereocenters. The molecule has 0 spiro atoms. The molecular formula is C20H16N2O2. The highest BCUT2D eigenvalue weighted by Gasteiger charge is 2.28. The lowest BCUT2D eigenvalue weighted by Gasteiger charge is -2.12. The quantitative estimate of drug-likeness (QED) is 0.752. The van der Waals surface area contributed by atoms with Crippen LogP contribution < -0.4 is 0 Å². The first-order valence-electron chi connectivity index (χ1n) is 7.91. The van der Waals surface area contributed by atoms with E-state index in [4.69, 9.17) is 5.11 Å². The molecule has 1 aliphatic carbocycles. The normalized spacial score (nSPS) is 12.7. The Morgan fingerprint density at radius 3 is 2.00 bits per heavy atom. The van der Waals surface area contributed by atoms with Crippen molar-refractivity contribution < 1.29 is 9.90 Å². The van der Waals surface area contributed by atoms with E-state index in [0.717, 1.165) is 0 Å². The fourth-order valence-electron chi connectivity index (χ4n) is 3.36. The van der Waals surface area contributed by atoms with E-state index in [2.05, 4.69) is 58.5 Å². The first-order valence-corrected chi connectivity index (χ1v) is 7.91. The molecule has 1 N–H and O–H groups in total. The number of carbonyl (C=O) groups excluding carboxylic acids is 1. The van der Waals surface area contributed by atoms with Gasteiger partial charge in [0.25, 0.3) is 0 Å². The summed E-state index contributed by atoms with van der Waals surface area (Å²) in [6.45, 7) is -0.522. The van der Waals surface area contributed by atoms with Crippen molar-refractivity contribution in [2.24, 2.45) is 0 Å². The minimum Gasteiger partial charge on any atom is -0.388 e. The minimum atomic E-state index is -0.522. The van der Waals surface area contributed by atoms with Crippen LogP contribution >= 0.6 is 0 Å². The van der Waals surface area contributed by atoms with Gasteiger partial charge in [0.05, 0.1) is 5.56 Å². The van der Waals surface area contributed by atoms with E-state index in [1.807, 2.05) is 0 Å². The Morgan fingerprint density at radius 1 is 0.917 bits per heavy atom. The van der Waals surface area contributed by atoms with E-state index in [-0.39, 0.29) is 11.7 Å². The Hall–Kier alpha value is -2.85. The number of hydrogen-bond acceptors (Lipinski definition) is 4. The molecule has 24 heavy (non-hydrogen) atoms. The molecule has 0 atom stereocenters. The van der Waals surface area contributed by atoms with Crippen LogP contribution in [0.25, 0.3) is 11.1 Å². The summed E-state index contributed by atoms with van der Waals surface area (Å²) in [6.07, 6.45) is 3.67. The Kier molecular flexibility index (Phi) is 3.67. The number of rotatable bonds is 4. The Morgan fingerprint density at radius 2 is 1.46 bits per heavy atom. The van der Waals surface area contributed by atoms with Gasteiger partial charge in [-0.2, -0.15) is 0 Å². The van der Waals surface area contributed by atoms with Crippen LogP contribution in [-0.4, -0.2) is 27.5 Å². The van der Waals surface area contributed by atoms with E-state index in [1.165, 1.54) is 34.6 Å². The molecule has 2 aromatic carbocycles. The minimum absolute atomic E-state index is 0.219. The van der Waals surface area contributed by atoms with Crippen molar-refractivity contribution in [1.29, 1.82) is 0 Å². The summed E-state index contributed by atoms with van der Waals surface area (Å²) in [5, 5.41) is 8.90. The van der Waals surface area contributed by atoms with Crippen molar-refractivity contribution in [2.45, 2.75) is 12.3 Å². The number of ketones is 1. The van der Waals surface area contributed by atoms with Crippen LogP contribution in [0.3, 0.4) is 0 Å². The van der Waals surface area contributed by atoms with E-state index in [1.54, 1.807) is 0 Å². The lowest BCUT2D eigenvalue weighted by molar-refractivity contribution is 0.0903. The van der Waals surface area contributed by atoms with Crippen LogP contribution in [0.1, 0.15) is 33.2 Å². The summed E-state index contributed by atoms with van der Waals surface area (Å²) in [5.41, 5.74) is 5.46. The van der Waals surface area contributed by atoms with Crippen LogP contribution in [0.15, 0.2) is 60.9 Å². The predicted molar refractivity (Wildman–Crippen MR) is 90.9 cm³/mol. The molecule has 0 aliphatic heterocycles. The summed E-state index contributed by atoms with van der Waals surface area (Å²) in [4.78, 5) is 20.1. The van der Waals surface area contributed by atoms with Gasteiger partial charge < -0.3 is 5.11 Å². The average Bonchev–Trinajstić information content (AvgIpc) is 2.96. The maximum atomic E-state index is 11.5. The number of aromatic nitrogens is 2. The third-order valence-electron chi connectivity index (χ3n) is 4.52. The third kappa shape index (κ3) is 2.41. The molecular weight excluding hydrogens is 300 g/mol. The molecule has 1 heterocycles. The largest absolute Gasteiger partial charge is 0.388 e. The summed E-state index contributed by atoms with van der Waals surface area (Å²) in [5.74, 6) is 0.552. The monoisotopic (exact) mass is 316 g/mol. The Bertz CT molecular complexity index is 858. The summed E-state index contributed by atoms with van der Waals surface area (Å²) in [7, 11) is 0. The number of hydrogen-bond donors (Lipinski definition) is 1. The van der Waals surface area contributed by atoms with Gasteiger partial charge in [0, 0.05) is 24.7 Å². The number of carbonyl (C=O) groups is 1. The van der Waals surface area contributed by atoms with Crippen molar-refractivity contribution in [2.75, 3.05) is 6.61 Å². The molecule has 0 bridgehead atoms. The van der Waals surface area contributed by atoms with Crippen LogP contribution in [0, 0.1) is 0 Å². The van der Waals surface area contributed by atoms with Crippen molar-refractivity contribution in [3.8, 4) is 11.1 Å². The van der Waals surface area contributed by atoms with Gasteiger partial charge in [-0.1, -0.05) is 48.5 Å². The average molecular weight is 316 g/mol. The van der Waals surface area contributed by atoms with Gasteiger partial charge in [-0.3, -0.25) is 4.79 Å². The molecule has 0 radical (unpaired) electrons. The van der Waals surface area contributed by atoms with Gasteiger partial charge in [-0.05, 0) is 22.3 Å². The van der Waals surface area contributed by atoms with E-state index >= 15 is 0 Å². The zero-order valence-electron chi connectivity index (χ0n) is 13.0. The SMILES string of the molecule is O=C(CO)c1cnc(CC2c3ccccc3-c3ccccc32)nc1. The zero-order valence-corrected chi connectivity index (χ0v) is 13.0. The van der Waals surface area contributed by atoms with Gasteiger partial charge in [-0.15, -0.1) is 0 Å². The second kappa shape index (κ2) is 5.98. The molecule has 1 aliphatic rings. The maximum Gasteiger partial charge on any atom is 0.191 e. The standard InChI is InChI=1S/C20H16N2O2/c23-12-19(24)13-10-21-20(22-11-13)9-18-16-7-3-1-5-14(16)15-6-2-4-8-17(15)18/h1-8,10-11,18,23H,9,12H2. The van der Waals surface area contributed by atoms with E-state index in [9.17, 15) is 4.79 Å². The molecule has 4 heteroatoms. The van der Waals surface area contributed by atoms with Crippen molar-refractivity contribution in [1.82, 2.24) is 9.97 Å². The van der Waals surface area contributed by atoms with Crippen LogP contribution in [0.5, 0.6) is 0 Å². The van der Waals surface area contributed by atoms with Gasteiger partial charge >= 0.3 is 0 Å². The lowest BCUT2D eigenvalue weighted by Crippen LogP contribution is -2.09. The zero-order chi connectivity index (χ0) is 16.5. The molecule has 0 saturated carbocycles. The lowest BCUT2D eigenvalue weighted by atomic mass is 9.93. The van der Waals surface area contributed by atoms with Crippen molar-refractivity contribution in [3.05, 3.63) is 83.4 Å². The van der Waals surface area contributed by atoms with Crippen LogP contribution in [-0.2, 0) is 6.42 Å². The first-order chi connectivity index (χ1) is 11.8. The number of Topliss-reactive ketones (excluding diaryl/α,β-unsaturated/α-hetero) is 1. The number of benzene rings is 2. The molecule has 3 aromatic rings. The van der Waals surface area contributed by atoms with Gasteiger partial charge in [0.2, 0.25) is 0 Å². The number of nitrogens with zero attached hydrogens (tertiary/aromatic N) is 2. The fourth-order valence-corrected chi connectivity index (χ4v) is 3.36. The Balaban J connectivity index is 1.68. The molecule has 118 valence electrons. The van der Waals surface area contributed by atoms with E-state index in [0.29, 0.717) is 17.8 Å². The molecule has 0 fully saturated rings. The number of fused-ring (bicyclic) bond motifs is 3. The topological polar surface area (TPSA) is 63.1 Å². The second-order valence-electron chi connectivity index (χ2n) is 5.90. The maximum absolute atomic E-state index is 11.5. The fraction of sp³-hybridized carbons (Fsp3) is 0.150. The van der Waals surface area contributed by atoms with Gasteiger partial charge in [0.15, 0.2) is 5.78 Å². The molecule has 0 saturated heterocycles.